The Kier molecular flexibility index (Phi) is 12.3. The molecule has 1 saturated heterocycles. The SMILES string of the molecule is CCCCOCCCNC(=O)C[C@H]1C[C@@]2(C(=O)OC)C(=C[C@H](C(C)C)O[C@@H]2C2CC2)N(CCc2ccc(OC)c(OC)c2)C1=O. The predicted octanol–water partition coefficient (Wildman–Crippen LogP) is 4.68. The zero-order valence-electron chi connectivity index (χ0n) is 27.9. The fraction of sp³-hybridized carbons (Fsp3) is 0.686. The highest BCUT2D eigenvalue weighted by molar-refractivity contribution is 5.92. The largest absolute Gasteiger partial charge is 0.493 e. The molecule has 1 aromatic rings. The third-order valence-corrected chi connectivity index (χ3v) is 9.23. The molecule has 4 rings (SSSR count). The molecule has 250 valence electrons. The number of methoxy groups -OCH3 is 3. The van der Waals surface area contributed by atoms with E-state index in [2.05, 4.69) is 26.1 Å². The smallest absolute Gasteiger partial charge is 0.320 e. The number of carbonyl (C=O) groups excluding carboxylic acids is 3. The minimum Gasteiger partial charge on any atom is -0.493 e. The molecule has 2 amide bonds. The number of ether oxygens (including phenoxy) is 5. The molecule has 45 heavy (non-hydrogen) atoms. The lowest BCUT2D eigenvalue weighted by Crippen LogP contribution is -2.62. The summed E-state index contributed by atoms with van der Waals surface area (Å²) >= 11 is 0. The van der Waals surface area contributed by atoms with Gasteiger partial charge in [-0.2, -0.15) is 0 Å². The zero-order chi connectivity index (χ0) is 32.6. The number of piperidine rings is 1. The van der Waals surface area contributed by atoms with Crippen LogP contribution in [-0.4, -0.2) is 82.5 Å². The minimum absolute atomic E-state index is 0.0145. The number of amides is 2. The average Bonchev–Trinajstić information content (AvgIpc) is 3.88. The highest BCUT2D eigenvalue weighted by atomic mass is 16.5. The van der Waals surface area contributed by atoms with Gasteiger partial charge in [-0.15, -0.1) is 0 Å². The lowest BCUT2D eigenvalue weighted by Gasteiger charge is -2.53. The summed E-state index contributed by atoms with van der Waals surface area (Å²) in [6, 6.07) is 5.70. The van der Waals surface area contributed by atoms with Gasteiger partial charge in [0.15, 0.2) is 11.5 Å². The predicted molar refractivity (Wildman–Crippen MR) is 170 cm³/mol. The normalized spacial score (nSPS) is 24.6. The number of esters is 1. The second kappa shape index (κ2) is 15.9. The highest BCUT2D eigenvalue weighted by Gasteiger charge is 2.63. The van der Waals surface area contributed by atoms with Crippen LogP contribution < -0.4 is 14.8 Å². The molecule has 0 bridgehead atoms. The second-order valence-electron chi connectivity index (χ2n) is 12.8. The van der Waals surface area contributed by atoms with Gasteiger partial charge in [-0.05, 0) is 74.1 Å². The monoisotopic (exact) mass is 628 g/mol. The summed E-state index contributed by atoms with van der Waals surface area (Å²) < 4.78 is 28.7. The molecule has 0 aromatic heterocycles. The van der Waals surface area contributed by atoms with Crippen molar-refractivity contribution in [2.75, 3.05) is 47.6 Å². The molecule has 3 aliphatic rings. The van der Waals surface area contributed by atoms with Crippen LogP contribution in [0.25, 0.3) is 0 Å². The van der Waals surface area contributed by atoms with Gasteiger partial charge in [0, 0.05) is 44.3 Å². The molecule has 1 N–H and O–H groups in total. The van der Waals surface area contributed by atoms with E-state index in [9.17, 15) is 14.4 Å². The summed E-state index contributed by atoms with van der Waals surface area (Å²) in [7, 11) is 4.57. The summed E-state index contributed by atoms with van der Waals surface area (Å²) in [5.74, 6) is 0.0842. The van der Waals surface area contributed by atoms with Gasteiger partial charge in [-0.3, -0.25) is 14.4 Å². The van der Waals surface area contributed by atoms with Crippen molar-refractivity contribution < 1.29 is 38.1 Å². The van der Waals surface area contributed by atoms with E-state index in [1.807, 2.05) is 24.3 Å². The Balaban J connectivity index is 1.62. The van der Waals surface area contributed by atoms with Crippen LogP contribution in [0.5, 0.6) is 11.5 Å². The number of hydrogen-bond donors (Lipinski definition) is 1. The van der Waals surface area contributed by atoms with Crippen LogP contribution in [0.3, 0.4) is 0 Å². The van der Waals surface area contributed by atoms with Crippen molar-refractivity contribution in [1.29, 1.82) is 0 Å². The second-order valence-corrected chi connectivity index (χ2v) is 12.8. The van der Waals surface area contributed by atoms with E-state index in [4.69, 9.17) is 23.7 Å². The van der Waals surface area contributed by atoms with Crippen LogP contribution >= 0.6 is 0 Å². The van der Waals surface area contributed by atoms with Crippen molar-refractivity contribution in [2.45, 2.75) is 84.3 Å². The molecule has 0 spiro atoms. The first-order valence-corrected chi connectivity index (χ1v) is 16.5. The summed E-state index contributed by atoms with van der Waals surface area (Å²) in [5.41, 5.74) is 0.435. The number of benzene rings is 1. The first-order valence-electron chi connectivity index (χ1n) is 16.5. The van der Waals surface area contributed by atoms with Gasteiger partial charge < -0.3 is 33.9 Å². The van der Waals surface area contributed by atoms with E-state index in [1.165, 1.54) is 7.11 Å². The Hall–Kier alpha value is -3.11. The molecule has 1 aliphatic carbocycles. The standard InChI is InChI=1S/C35H52N2O8/c1-7-8-17-44-18-9-15-36-31(38)20-26-22-35(34(40)43-6)30(21-28(23(2)3)45-32(35)25-11-12-25)37(33(26)39)16-14-24-10-13-27(41-4)29(19-24)42-5/h10,13,19,21,23,25-26,28,32H,7-9,11-12,14-18,20,22H2,1-6H3,(H,36,38)/t26-,28+,32+,35+/m0/s1. The van der Waals surface area contributed by atoms with Crippen LogP contribution in [0.4, 0.5) is 0 Å². The zero-order valence-corrected chi connectivity index (χ0v) is 27.9. The molecule has 2 aliphatic heterocycles. The van der Waals surface area contributed by atoms with Gasteiger partial charge in [0.2, 0.25) is 11.8 Å². The van der Waals surface area contributed by atoms with Crippen LogP contribution in [0.2, 0.25) is 0 Å². The summed E-state index contributed by atoms with van der Waals surface area (Å²) in [5, 5.41) is 2.96. The van der Waals surface area contributed by atoms with Gasteiger partial charge in [0.05, 0.1) is 33.5 Å². The number of rotatable bonds is 17. The fourth-order valence-corrected chi connectivity index (χ4v) is 6.60. The van der Waals surface area contributed by atoms with E-state index in [1.54, 1.807) is 19.1 Å². The Morgan fingerprint density at radius 3 is 2.47 bits per heavy atom. The van der Waals surface area contributed by atoms with E-state index in [-0.39, 0.29) is 42.6 Å². The van der Waals surface area contributed by atoms with Crippen molar-refractivity contribution >= 4 is 17.8 Å². The Bertz CT molecular complexity index is 1210. The highest BCUT2D eigenvalue weighted by Crippen LogP contribution is 2.56. The number of hydrogen-bond acceptors (Lipinski definition) is 8. The number of carbonyl (C=O) groups is 3. The lowest BCUT2D eigenvalue weighted by atomic mass is 9.64. The Morgan fingerprint density at radius 2 is 1.82 bits per heavy atom. The van der Waals surface area contributed by atoms with Crippen LogP contribution in [0.15, 0.2) is 30.0 Å². The quantitative estimate of drug-likeness (QED) is 0.196. The third-order valence-electron chi connectivity index (χ3n) is 9.23. The maximum Gasteiger partial charge on any atom is 0.320 e. The number of fused-ring (bicyclic) bond motifs is 1. The molecule has 10 heteroatoms. The number of likely N-dealkylation sites (tertiary alicyclic amines) is 1. The van der Waals surface area contributed by atoms with Crippen LogP contribution in [0.1, 0.15) is 71.3 Å². The molecule has 0 radical (unpaired) electrons. The molecule has 4 atom stereocenters. The number of nitrogens with one attached hydrogen (secondary N) is 1. The molecule has 2 fully saturated rings. The lowest BCUT2D eigenvalue weighted by molar-refractivity contribution is -0.182. The van der Waals surface area contributed by atoms with Gasteiger partial charge in [-0.25, -0.2) is 0 Å². The van der Waals surface area contributed by atoms with E-state index >= 15 is 0 Å². The van der Waals surface area contributed by atoms with Crippen molar-refractivity contribution in [3.63, 3.8) is 0 Å². The van der Waals surface area contributed by atoms with Crippen molar-refractivity contribution in [3.05, 3.63) is 35.5 Å². The first kappa shape index (κ1) is 34.8. The summed E-state index contributed by atoms with van der Waals surface area (Å²) in [6.07, 6.45) is 6.64. The molecule has 1 saturated carbocycles. The Labute approximate surface area is 268 Å². The van der Waals surface area contributed by atoms with Crippen molar-refractivity contribution in [1.82, 2.24) is 10.2 Å². The maximum atomic E-state index is 14.3. The summed E-state index contributed by atoms with van der Waals surface area (Å²) in [6.45, 7) is 8.36. The van der Waals surface area contributed by atoms with Gasteiger partial charge >= 0.3 is 5.97 Å². The van der Waals surface area contributed by atoms with E-state index in [0.717, 1.165) is 31.2 Å². The van der Waals surface area contributed by atoms with Gasteiger partial charge in [0.1, 0.15) is 5.41 Å². The molecule has 10 nitrogen and oxygen atoms in total. The molecule has 0 unspecified atom stereocenters. The van der Waals surface area contributed by atoms with Crippen molar-refractivity contribution in [2.24, 2.45) is 23.2 Å². The van der Waals surface area contributed by atoms with Crippen molar-refractivity contribution in [3.8, 4) is 11.5 Å². The van der Waals surface area contributed by atoms with E-state index < -0.39 is 23.4 Å². The average molecular weight is 629 g/mol. The molecule has 1 aromatic carbocycles. The minimum atomic E-state index is -1.18. The van der Waals surface area contributed by atoms with Gasteiger partial charge in [0.25, 0.3) is 0 Å². The molecule has 2 heterocycles. The number of nitrogens with zero attached hydrogens (tertiary/aromatic N) is 1. The van der Waals surface area contributed by atoms with Crippen LogP contribution in [0, 0.1) is 23.2 Å². The first-order chi connectivity index (χ1) is 21.7. The summed E-state index contributed by atoms with van der Waals surface area (Å²) in [4.78, 5) is 43.2. The number of unbranched alkanes of at least 4 members (excludes halogenated alkanes) is 1. The van der Waals surface area contributed by atoms with Crippen LogP contribution in [-0.2, 0) is 35.0 Å². The Morgan fingerprint density at radius 1 is 1.09 bits per heavy atom. The third kappa shape index (κ3) is 8.01. The fourth-order valence-electron chi connectivity index (χ4n) is 6.60. The molecular formula is C35H52N2O8. The van der Waals surface area contributed by atoms with E-state index in [0.29, 0.717) is 56.3 Å². The topological polar surface area (TPSA) is 113 Å². The molecular weight excluding hydrogens is 576 g/mol. The van der Waals surface area contributed by atoms with Gasteiger partial charge in [-0.1, -0.05) is 33.3 Å². The maximum absolute atomic E-state index is 14.3.